The van der Waals surface area contributed by atoms with Gasteiger partial charge in [0.25, 0.3) is 10.1 Å². The van der Waals surface area contributed by atoms with Gasteiger partial charge in [0.1, 0.15) is 5.75 Å². The molecule has 1 N–H and O–H groups in total. The number of hydrogen-bond donors (Lipinski definition) is 1. The summed E-state index contributed by atoms with van der Waals surface area (Å²) in [6, 6.07) is 7.34. The lowest BCUT2D eigenvalue weighted by molar-refractivity contribution is -0.137. The van der Waals surface area contributed by atoms with Gasteiger partial charge in [-0.3, -0.25) is 8.94 Å². The Morgan fingerprint density at radius 2 is 1.82 bits per heavy atom. The Labute approximate surface area is 159 Å². The average Bonchev–Trinajstić information content (AvgIpc) is 2.63. The molecule has 3 rings (SSSR count). The van der Waals surface area contributed by atoms with Gasteiger partial charge in [0.05, 0.1) is 23.7 Å². The second-order valence-corrected chi connectivity index (χ2v) is 7.99. The van der Waals surface area contributed by atoms with Crippen molar-refractivity contribution in [2.24, 2.45) is 0 Å². The molecule has 0 saturated carbocycles. The molecule has 1 aliphatic rings. The molecule has 0 spiro atoms. The van der Waals surface area contributed by atoms with Gasteiger partial charge in [0, 0.05) is 17.5 Å². The number of fused-ring (bicyclic) bond motifs is 1. The van der Waals surface area contributed by atoms with Crippen LogP contribution in [0, 0.1) is 0 Å². The summed E-state index contributed by atoms with van der Waals surface area (Å²) in [5.41, 5.74) is 0.855. The molecule has 0 amide bonds. The molecular formula is C19H18F4O4S. The first-order valence-electron chi connectivity index (χ1n) is 8.61. The molecule has 2 aromatic carbocycles. The first-order chi connectivity index (χ1) is 13.1. The fourth-order valence-electron chi connectivity index (χ4n) is 3.45. The highest BCUT2D eigenvalue weighted by molar-refractivity contribution is 7.85. The molecule has 152 valence electrons. The molecule has 0 bridgehead atoms. The summed E-state index contributed by atoms with van der Waals surface area (Å²) in [5, 5.41) is 0. The van der Waals surface area contributed by atoms with Crippen molar-refractivity contribution >= 4 is 10.1 Å². The SMILES string of the molecule is O=S(=O)(O)c1ccc2c(c1)OCCC2c1ccc(C(F)(F)F)cc1CCCF. The van der Waals surface area contributed by atoms with Crippen LogP contribution in [-0.2, 0) is 22.7 Å². The predicted molar refractivity (Wildman–Crippen MR) is 94.0 cm³/mol. The maximum atomic E-state index is 13.1. The molecule has 1 atom stereocenters. The summed E-state index contributed by atoms with van der Waals surface area (Å²) >= 11 is 0. The highest BCUT2D eigenvalue weighted by Crippen LogP contribution is 2.42. The van der Waals surface area contributed by atoms with Gasteiger partial charge in [0.15, 0.2) is 0 Å². The maximum absolute atomic E-state index is 13.1. The molecule has 28 heavy (non-hydrogen) atoms. The quantitative estimate of drug-likeness (QED) is 0.561. The van der Waals surface area contributed by atoms with Crippen molar-refractivity contribution in [3.8, 4) is 5.75 Å². The zero-order valence-corrected chi connectivity index (χ0v) is 15.5. The van der Waals surface area contributed by atoms with Crippen LogP contribution in [0.25, 0.3) is 0 Å². The molecule has 0 fully saturated rings. The molecule has 0 saturated heterocycles. The third-order valence-electron chi connectivity index (χ3n) is 4.75. The van der Waals surface area contributed by atoms with E-state index < -0.39 is 28.5 Å². The third kappa shape index (κ3) is 4.30. The van der Waals surface area contributed by atoms with Gasteiger partial charge in [-0.2, -0.15) is 21.6 Å². The number of hydrogen-bond acceptors (Lipinski definition) is 3. The van der Waals surface area contributed by atoms with Crippen LogP contribution in [0.2, 0.25) is 0 Å². The number of benzene rings is 2. The molecule has 1 heterocycles. The maximum Gasteiger partial charge on any atom is 0.416 e. The van der Waals surface area contributed by atoms with E-state index in [9.17, 15) is 30.5 Å². The Kier molecular flexibility index (Phi) is 5.67. The highest BCUT2D eigenvalue weighted by Gasteiger charge is 2.32. The normalized spacial score (nSPS) is 17.1. The van der Waals surface area contributed by atoms with E-state index in [2.05, 4.69) is 0 Å². The van der Waals surface area contributed by atoms with Gasteiger partial charge in [-0.05, 0) is 48.6 Å². The Morgan fingerprint density at radius 1 is 1.11 bits per heavy atom. The van der Waals surface area contributed by atoms with Crippen molar-refractivity contribution in [3.05, 3.63) is 58.7 Å². The Bertz CT molecular complexity index is 970. The van der Waals surface area contributed by atoms with Crippen LogP contribution < -0.4 is 4.74 Å². The van der Waals surface area contributed by atoms with Crippen molar-refractivity contribution in [1.82, 2.24) is 0 Å². The van der Waals surface area contributed by atoms with Crippen molar-refractivity contribution in [2.45, 2.75) is 36.3 Å². The van der Waals surface area contributed by atoms with E-state index >= 15 is 0 Å². The zero-order chi connectivity index (χ0) is 20.5. The lowest BCUT2D eigenvalue weighted by atomic mass is 9.82. The van der Waals surface area contributed by atoms with E-state index in [1.54, 1.807) is 0 Å². The van der Waals surface area contributed by atoms with Crippen LogP contribution in [0.4, 0.5) is 17.6 Å². The number of rotatable bonds is 5. The minimum Gasteiger partial charge on any atom is -0.493 e. The molecule has 0 radical (unpaired) electrons. The Balaban J connectivity index is 2.07. The molecule has 0 aromatic heterocycles. The van der Waals surface area contributed by atoms with Crippen LogP contribution in [0.3, 0.4) is 0 Å². The van der Waals surface area contributed by atoms with Gasteiger partial charge in [-0.15, -0.1) is 0 Å². The lowest BCUT2D eigenvalue weighted by Gasteiger charge is -2.28. The molecular weight excluding hydrogens is 400 g/mol. The average molecular weight is 418 g/mol. The number of aryl methyl sites for hydroxylation is 1. The van der Waals surface area contributed by atoms with Gasteiger partial charge in [-0.1, -0.05) is 12.1 Å². The minimum absolute atomic E-state index is 0.103. The van der Waals surface area contributed by atoms with Crippen LogP contribution in [-0.4, -0.2) is 26.3 Å². The first kappa shape index (κ1) is 20.6. The van der Waals surface area contributed by atoms with Crippen molar-refractivity contribution in [3.63, 3.8) is 0 Å². The van der Waals surface area contributed by atoms with Gasteiger partial charge >= 0.3 is 6.18 Å². The van der Waals surface area contributed by atoms with E-state index in [1.165, 1.54) is 24.3 Å². The number of alkyl halides is 4. The fourth-order valence-corrected chi connectivity index (χ4v) is 3.95. The summed E-state index contributed by atoms with van der Waals surface area (Å²) in [6.07, 6.45) is -3.76. The summed E-state index contributed by atoms with van der Waals surface area (Å²) in [6.45, 7) is -0.409. The predicted octanol–water partition coefficient (Wildman–Crippen LogP) is 4.77. The van der Waals surface area contributed by atoms with E-state index in [0.29, 0.717) is 23.1 Å². The second-order valence-electron chi connectivity index (χ2n) is 6.57. The summed E-state index contributed by atoms with van der Waals surface area (Å²) in [5.74, 6) is -0.0705. The van der Waals surface area contributed by atoms with Crippen LogP contribution in [0.15, 0.2) is 41.3 Å². The fraction of sp³-hybridized carbons (Fsp3) is 0.368. The second kappa shape index (κ2) is 7.71. The minimum atomic E-state index is -4.50. The van der Waals surface area contributed by atoms with Gasteiger partial charge in [0.2, 0.25) is 0 Å². The van der Waals surface area contributed by atoms with Crippen molar-refractivity contribution in [1.29, 1.82) is 0 Å². The number of ether oxygens (including phenoxy) is 1. The van der Waals surface area contributed by atoms with Crippen molar-refractivity contribution in [2.75, 3.05) is 13.3 Å². The topological polar surface area (TPSA) is 63.6 Å². The Hall–Kier alpha value is -2.13. The molecule has 2 aromatic rings. The highest BCUT2D eigenvalue weighted by atomic mass is 32.2. The van der Waals surface area contributed by atoms with E-state index in [4.69, 9.17) is 4.74 Å². The molecule has 1 aliphatic heterocycles. The summed E-state index contributed by atoms with van der Waals surface area (Å²) < 4.78 is 89.3. The smallest absolute Gasteiger partial charge is 0.416 e. The van der Waals surface area contributed by atoms with E-state index in [0.717, 1.165) is 12.1 Å². The summed E-state index contributed by atoms with van der Waals surface area (Å²) in [7, 11) is -4.41. The standard InChI is InChI=1S/C19H18F4O4S/c20-8-1-2-12-10-13(19(21,22)23)3-5-15(12)16-7-9-27-18-11-14(28(24,25)26)4-6-17(16)18/h3-6,10-11,16H,1-2,7-9H2,(H,24,25,26). The monoisotopic (exact) mass is 418 g/mol. The van der Waals surface area contributed by atoms with Crippen molar-refractivity contribution < 1.29 is 35.3 Å². The lowest BCUT2D eigenvalue weighted by Crippen LogP contribution is -2.18. The summed E-state index contributed by atoms with van der Waals surface area (Å²) in [4.78, 5) is -0.322. The van der Waals surface area contributed by atoms with Crippen LogP contribution >= 0.6 is 0 Å². The van der Waals surface area contributed by atoms with Crippen LogP contribution in [0.5, 0.6) is 5.75 Å². The van der Waals surface area contributed by atoms with Gasteiger partial charge in [-0.25, -0.2) is 0 Å². The number of halogens is 4. The van der Waals surface area contributed by atoms with E-state index in [1.807, 2.05) is 0 Å². The van der Waals surface area contributed by atoms with E-state index in [-0.39, 0.29) is 36.0 Å². The first-order valence-corrected chi connectivity index (χ1v) is 10.1. The molecule has 9 heteroatoms. The molecule has 1 unspecified atom stereocenters. The molecule has 4 nitrogen and oxygen atoms in total. The largest absolute Gasteiger partial charge is 0.493 e. The van der Waals surface area contributed by atoms with Crippen LogP contribution in [0.1, 0.15) is 41.0 Å². The van der Waals surface area contributed by atoms with Gasteiger partial charge < -0.3 is 4.74 Å². The zero-order valence-electron chi connectivity index (χ0n) is 14.7. The molecule has 0 aliphatic carbocycles. The third-order valence-corrected chi connectivity index (χ3v) is 5.60. The Morgan fingerprint density at radius 3 is 2.46 bits per heavy atom.